The van der Waals surface area contributed by atoms with Crippen LogP contribution in [0.1, 0.15) is 37.7 Å². The summed E-state index contributed by atoms with van der Waals surface area (Å²) in [7, 11) is 0. The van der Waals surface area contributed by atoms with Crippen LogP contribution in [-0.4, -0.2) is 6.61 Å². The largest absolute Gasteiger partial charge is 0.372 e. The molecule has 1 saturated carbocycles. The summed E-state index contributed by atoms with van der Waals surface area (Å²) in [4.78, 5) is 0. The van der Waals surface area contributed by atoms with Gasteiger partial charge in [-0.05, 0) is 36.5 Å². The van der Waals surface area contributed by atoms with E-state index in [1.165, 1.54) is 37.7 Å². The highest BCUT2D eigenvalue weighted by Crippen LogP contribution is 2.23. The summed E-state index contributed by atoms with van der Waals surface area (Å²) in [6.45, 7) is 1.33. The standard InChI is InChI=1S/C17H22O/c1-3-9-16(10-4-1)11-7-8-14-18-15-17-12-5-2-6-13-17/h2,5-6,8,11-13,16H,1,3-4,9-10,14-15H2. The molecule has 0 spiro atoms. The van der Waals surface area contributed by atoms with Crippen LogP contribution in [0.25, 0.3) is 0 Å². The van der Waals surface area contributed by atoms with Gasteiger partial charge in [0.2, 0.25) is 0 Å². The first-order valence-corrected chi connectivity index (χ1v) is 6.98. The molecule has 0 heterocycles. The van der Waals surface area contributed by atoms with Crippen molar-refractivity contribution in [2.45, 2.75) is 38.7 Å². The van der Waals surface area contributed by atoms with E-state index in [0.717, 1.165) is 5.92 Å². The van der Waals surface area contributed by atoms with Crippen molar-refractivity contribution in [3.8, 4) is 0 Å². The van der Waals surface area contributed by atoms with E-state index in [1.807, 2.05) is 24.3 Å². The van der Waals surface area contributed by atoms with Gasteiger partial charge in [0, 0.05) is 0 Å². The molecule has 96 valence electrons. The molecule has 2 rings (SSSR count). The quantitative estimate of drug-likeness (QED) is 0.546. The Hall–Kier alpha value is -1.30. The highest BCUT2D eigenvalue weighted by atomic mass is 16.5. The third-order valence-electron chi connectivity index (χ3n) is 3.41. The lowest BCUT2D eigenvalue weighted by Crippen LogP contribution is -2.01. The summed E-state index contributed by atoms with van der Waals surface area (Å²) in [5.74, 6) is 0.754. The fourth-order valence-electron chi connectivity index (χ4n) is 2.36. The van der Waals surface area contributed by atoms with Crippen LogP contribution in [0.3, 0.4) is 0 Å². The van der Waals surface area contributed by atoms with E-state index in [-0.39, 0.29) is 0 Å². The average Bonchev–Trinajstić information content (AvgIpc) is 2.45. The van der Waals surface area contributed by atoms with Gasteiger partial charge in [-0.25, -0.2) is 0 Å². The topological polar surface area (TPSA) is 9.23 Å². The Labute approximate surface area is 110 Å². The van der Waals surface area contributed by atoms with Gasteiger partial charge in [0.1, 0.15) is 0 Å². The van der Waals surface area contributed by atoms with Crippen molar-refractivity contribution in [3.63, 3.8) is 0 Å². The third-order valence-corrected chi connectivity index (χ3v) is 3.41. The van der Waals surface area contributed by atoms with Crippen molar-refractivity contribution in [1.29, 1.82) is 0 Å². The Morgan fingerprint density at radius 3 is 2.67 bits per heavy atom. The first-order valence-electron chi connectivity index (χ1n) is 6.98. The molecular weight excluding hydrogens is 220 g/mol. The summed E-state index contributed by atoms with van der Waals surface area (Å²) in [6.07, 6.45) is 11.1. The van der Waals surface area contributed by atoms with Crippen LogP contribution in [0.2, 0.25) is 0 Å². The van der Waals surface area contributed by atoms with Gasteiger partial charge in [0.25, 0.3) is 0 Å². The van der Waals surface area contributed by atoms with E-state index in [4.69, 9.17) is 4.74 Å². The zero-order valence-electron chi connectivity index (χ0n) is 11.0. The molecule has 1 aromatic rings. The molecule has 0 saturated heterocycles. The number of hydrogen-bond acceptors (Lipinski definition) is 1. The van der Waals surface area contributed by atoms with Crippen molar-refractivity contribution < 1.29 is 4.74 Å². The molecule has 1 fully saturated rings. The van der Waals surface area contributed by atoms with Crippen molar-refractivity contribution in [2.75, 3.05) is 6.61 Å². The SMILES string of the molecule is C(=CCOCc1ccccc1)=CC1CCCCC1. The summed E-state index contributed by atoms with van der Waals surface area (Å²) in [5.41, 5.74) is 4.49. The molecule has 0 radical (unpaired) electrons. The molecule has 1 nitrogen and oxygen atoms in total. The lowest BCUT2D eigenvalue weighted by atomic mass is 9.89. The van der Waals surface area contributed by atoms with Crippen molar-refractivity contribution in [2.24, 2.45) is 5.92 Å². The second-order valence-corrected chi connectivity index (χ2v) is 4.94. The monoisotopic (exact) mass is 242 g/mol. The van der Waals surface area contributed by atoms with Gasteiger partial charge >= 0.3 is 0 Å². The fraction of sp³-hybridized carbons (Fsp3) is 0.471. The molecule has 18 heavy (non-hydrogen) atoms. The summed E-state index contributed by atoms with van der Waals surface area (Å²) in [6, 6.07) is 10.3. The van der Waals surface area contributed by atoms with Crippen LogP contribution in [0.15, 0.2) is 48.2 Å². The van der Waals surface area contributed by atoms with Crippen molar-refractivity contribution in [1.82, 2.24) is 0 Å². The molecule has 1 aliphatic carbocycles. The maximum absolute atomic E-state index is 5.57. The minimum absolute atomic E-state index is 0.651. The molecule has 0 aliphatic heterocycles. The fourth-order valence-corrected chi connectivity index (χ4v) is 2.36. The smallest absolute Gasteiger partial charge is 0.0725 e. The van der Waals surface area contributed by atoms with Gasteiger partial charge in [-0.3, -0.25) is 0 Å². The lowest BCUT2D eigenvalue weighted by Gasteiger charge is -2.16. The van der Waals surface area contributed by atoms with Gasteiger partial charge < -0.3 is 4.74 Å². The van der Waals surface area contributed by atoms with Crippen LogP contribution in [0.4, 0.5) is 0 Å². The average molecular weight is 242 g/mol. The zero-order valence-corrected chi connectivity index (χ0v) is 11.0. The predicted octanol–water partition coefficient (Wildman–Crippen LogP) is 4.49. The molecule has 1 aromatic carbocycles. The number of benzene rings is 1. The molecule has 0 N–H and O–H groups in total. The second kappa shape index (κ2) is 7.92. The van der Waals surface area contributed by atoms with E-state index in [0.29, 0.717) is 13.2 Å². The maximum atomic E-state index is 5.57. The van der Waals surface area contributed by atoms with Gasteiger partial charge in [-0.1, -0.05) is 49.6 Å². The first-order chi connectivity index (χ1) is 8.95. The normalized spacial score (nSPS) is 16.0. The molecule has 0 aromatic heterocycles. The summed E-state index contributed by atoms with van der Waals surface area (Å²) >= 11 is 0. The molecule has 0 bridgehead atoms. The van der Waals surface area contributed by atoms with E-state index < -0.39 is 0 Å². The van der Waals surface area contributed by atoms with E-state index in [1.54, 1.807) is 0 Å². The number of hydrogen-bond donors (Lipinski definition) is 0. The van der Waals surface area contributed by atoms with Crippen LogP contribution in [-0.2, 0) is 11.3 Å². The highest BCUT2D eigenvalue weighted by molar-refractivity contribution is 5.13. The van der Waals surface area contributed by atoms with Gasteiger partial charge in [0.15, 0.2) is 0 Å². The molecule has 0 amide bonds. The van der Waals surface area contributed by atoms with Crippen LogP contribution >= 0.6 is 0 Å². The Morgan fingerprint density at radius 2 is 1.89 bits per heavy atom. The van der Waals surface area contributed by atoms with Crippen LogP contribution in [0, 0.1) is 5.92 Å². The Kier molecular flexibility index (Phi) is 5.78. The molecule has 1 aliphatic rings. The van der Waals surface area contributed by atoms with Gasteiger partial charge in [-0.2, -0.15) is 0 Å². The summed E-state index contributed by atoms with van der Waals surface area (Å²) < 4.78 is 5.57. The van der Waals surface area contributed by atoms with Gasteiger partial charge in [-0.15, -0.1) is 5.73 Å². The van der Waals surface area contributed by atoms with Gasteiger partial charge in [0.05, 0.1) is 13.2 Å². The summed E-state index contributed by atoms with van der Waals surface area (Å²) in [5, 5.41) is 0. The second-order valence-electron chi connectivity index (χ2n) is 4.94. The lowest BCUT2D eigenvalue weighted by molar-refractivity contribution is 0.149. The van der Waals surface area contributed by atoms with Crippen LogP contribution in [0.5, 0.6) is 0 Å². The highest BCUT2D eigenvalue weighted by Gasteiger charge is 2.08. The van der Waals surface area contributed by atoms with Crippen molar-refractivity contribution in [3.05, 3.63) is 53.8 Å². The van der Waals surface area contributed by atoms with Crippen LogP contribution < -0.4 is 0 Å². The molecule has 1 heteroatoms. The molecule has 0 atom stereocenters. The zero-order chi connectivity index (χ0) is 12.5. The molecule has 0 unspecified atom stereocenters. The third kappa shape index (κ3) is 4.91. The van der Waals surface area contributed by atoms with E-state index in [9.17, 15) is 0 Å². The first kappa shape index (κ1) is 13.1. The minimum Gasteiger partial charge on any atom is -0.372 e. The maximum Gasteiger partial charge on any atom is 0.0725 e. The molecular formula is C17H22O. The number of ether oxygens (including phenoxy) is 1. The Morgan fingerprint density at radius 1 is 1.11 bits per heavy atom. The Balaban J connectivity index is 1.64. The van der Waals surface area contributed by atoms with E-state index >= 15 is 0 Å². The predicted molar refractivity (Wildman–Crippen MR) is 75.3 cm³/mol. The van der Waals surface area contributed by atoms with E-state index in [2.05, 4.69) is 23.9 Å². The number of rotatable bonds is 5. The Bertz CT molecular complexity index is 381. The van der Waals surface area contributed by atoms with Crippen molar-refractivity contribution >= 4 is 0 Å². The minimum atomic E-state index is 0.651.